The van der Waals surface area contributed by atoms with E-state index in [0.717, 1.165) is 5.69 Å². The van der Waals surface area contributed by atoms with Crippen LogP contribution < -0.4 is 5.32 Å². The van der Waals surface area contributed by atoms with Gasteiger partial charge in [-0.15, -0.1) is 19.0 Å². The highest BCUT2D eigenvalue weighted by molar-refractivity contribution is 5.94. The van der Waals surface area contributed by atoms with E-state index in [-0.39, 0.29) is 17.9 Å². The predicted octanol–water partition coefficient (Wildman–Crippen LogP) is 1.37. The average molecular weight is 261 g/mol. The molecule has 0 amide bonds. The van der Waals surface area contributed by atoms with Crippen LogP contribution in [0.15, 0.2) is 24.8 Å². The molecular formula is C11H17ClN2O3. The van der Waals surface area contributed by atoms with E-state index in [1.807, 2.05) is 6.92 Å². The first-order valence-electron chi connectivity index (χ1n) is 4.59. The molecule has 0 atom stereocenters. The smallest absolute Gasteiger partial charge is 0.341 e. The second-order valence-corrected chi connectivity index (χ2v) is 3.01. The van der Waals surface area contributed by atoms with E-state index in [4.69, 9.17) is 0 Å². The highest BCUT2D eigenvalue weighted by atomic mass is 35.5. The second-order valence-electron chi connectivity index (χ2n) is 3.01. The lowest BCUT2D eigenvalue weighted by Crippen LogP contribution is -2.10. The largest absolute Gasteiger partial charge is 0.465 e. The monoisotopic (exact) mass is 260 g/mol. The van der Waals surface area contributed by atoms with Crippen LogP contribution in [0.3, 0.4) is 0 Å². The Morgan fingerprint density at radius 2 is 2.24 bits per heavy atom. The van der Waals surface area contributed by atoms with Crippen molar-refractivity contribution in [2.45, 2.75) is 6.92 Å². The summed E-state index contributed by atoms with van der Waals surface area (Å²) in [6, 6.07) is 3.46. The molecule has 0 aromatic carbocycles. The van der Waals surface area contributed by atoms with Gasteiger partial charge < -0.3 is 15.5 Å². The number of aryl methyl sites for hydroxylation is 1. The maximum atomic E-state index is 11.4. The van der Waals surface area contributed by atoms with Crippen molar-refractivity contribution in [2.75, 3.05) is 19.0 Å². The molecule has 0 unspecified atom stereocenters. The third-order valence-corrected chi connectivity index (χ3v) is 1.85. The van der Waals surface area contributed by atoms with Crippen molar-refractivity contribution >= 4 is 24.2 Å². The molecule has 5 nitrogen and oxygen atoms in total. The van der Waals surface area contributed by atoms with Crippen molar-refractivity contribution in [3.63, 3.8) is 0 Å². The molecule has 0 saturated carbocycles. The minimum absolute atomic E-state index is 0. The molecule has 0 radical (unpaired) electrons. The predicted molar refractivity (Wildman–Crippen MR) is 69.9 cm³/mol. The highest BCUT2D eigenvalue weighted by Crippen LogP contribution is 2.14. The molecule has 96 valence electrons. The van der Waals surface area contributed by atoms with Crippen LogP contribution in [0, 0.1) is 6.92 Å². The van der Waals surface area contributed by atoms with Crippen molar-refractivity contribution in [3.8, 4) is 0 Å². The zero-order valence-electron chi connectivity index (χ0n) is 9.82. The summed E-state index contributed by atoms with van der Waals surface area (Å²) in [7, 11) is 1.35. The van der Waals surface area contributed by atoms with E-state index in [1.165, 1.54) is 7.11 Å². The number of methoxy groups -OCH3 is 1. The van der Waals surface area contributed by atoms with Gasteiger partial charge in [0.15, 0.2) is 0 Å². The molecule has 0 bridgehead atoms. The first-order chi connectivity index (χ1) is 7.19. The molecule has 17 heavy (non-hydrogen) atoms. The summed E-state index contributed by atoms with van der Waals surface area (Å²) in [5.74, 6) is 0.135. The quantitative estimate of drug-likeness (QED) is 0.655. The van der Waals surface area contributed by atoms with Gasteiger partial charge in [-0.3, -0.25) is 0 Å². The third kappa shape index (κ3) is 4.84. The fourth-order valence-electron chi connectivity index (χ4n) is 1.13. The number of carbonyl (C=O) groups is 1. The van der Waals surface area contributed by atoms with Gasteiger partial charge >= 0.3 is 5.97 Å². The lowest BCUT2D eigenvalue weighted by molar-refractivity contribution is 0.0601. The summed E-state index contributed by atoms with van der Waals surface area (Å²) in [5.41, 5.74) is 1.28. The Balaban J connectivity index is 0. The summed E-state index contributed by atoms with van der Waals surface area (Å²) in [6.45, 7) is 6.00. The van der Waals surface area contributed by atoms with Gasteiger partial charge in [0.2, 0.25) is 0 Å². The SMILES string of the molecule is C=CCNc1nc(C)ccc1C(=O)OC.Cl.O. The lowest BCUT2D eigenvalue weighted by atomic mass is 10.2. The molecule has 0 aliphatic rings. The Labute approximate surface area is 107 Å². The van der Waals surface area contributed by atoms with Crippen LogP contribution in [0.1, 0.15) is 16.1 Å². The average Bonchev–Trinajstić information content (AvgIpc) is 2.25. The van der Waals surface area contributed by atoms with E-state index in [9.17, 15) is 4.79 Å². The van der Waals surface area contributed by atoms with E-state index >= 15 is 0 Å². The van der Waals surface area contributed by atoms with Crippen LogP contribution in [0.4, 0.5) is 5.82 Å². The Morgan fingerprint density at radius 3 is 2.76 bits per heavy atom. The summed E-state index contributed by atoms with van der Waals surface area (Å²) in [6.07, 6.45) is 1.70. The van der Waals surface area contributed by atoms with E-state index in [0.29, 0.717) is 17.9 Å². The van der Waals surface area contributed by atoms with E-state index in [1.54, 1.807) is 18.2 Å². The first-order valence-corrected chi connectivity index (χ1v) is 4.59. The zero-order chi connectivity index (χ0) is 11.3. The van der Waals surface area contributed by atoms with Crippen LogP contribution in [-0.2, 0) is 4.74 Å². The second kappa shape index (κ2) is 8.55. The number of pyridine rings is 1. The molecule has 0 aliphatic heterocycles. The number of rotatable bonds is 4. The number of hydrogen-bond acceptors (Lipinski definition) is 4. The summed E-state index contributed by atoms with van der Waals surface area (Å²) >= 11 is 0. The molecule has 1 aromatic heterocycles. The van der Waals surface area contributed by atoms with Crippen molar-refractivity contribution in [1.82, 2.24) is 4.98 Å². The molecule has 0 spiro atoms. The van der Waals surface area contributed by atoms with Gasteiger partial charge in [0.1, 0.15) is 11.4 Å². The Morgan fingerprint density at radius 1 is 1.59 bits per heavy atom. The molecular weight excluding hydrogens is 244 g/mol. The maximum absolute atomic E-state index is 11.4. The number of nitrogens with one attached hydrogen (secondary N) is 1. The molecule has 1 aromatic rings. The number of halogens is 1. The van der Waals surface area contributed by atoms with Crippen LogP contribution >= 0.6 is 12.4 Å². The Hall–Kier alpha value is -1.59. The van der Waals surface area contributed by atoms with Crippen molar-refractivity contribution in [2.24, 2.45) is 0 Å². The normalized spacial score (nSPS) is 8.35. The molecule has 1 heterocycles. The van der Waals surface area contributed by atoms with Gasteiger partial charge in [-0.1, -0.05) is 6.08 Å². The lowest BCUT2D eigenvalue weighted by Gasteiger charge is -2.08. The van der Waals surface area contributed by atoms with Gasteiger partial charge in [0, 0.05) is 12.2 Å². The third-order valence-electron chi connectivity index (χ3n) is 1.85. The number of nitrogens with zero attached hydrogens (tertiary/aromatic N) is 1. The van der Waals surface area contributed by atoms with Crippen molar-refractivity contribution < 1.29 is 15.0 Å². The maximum Gasteiger partial charge on any atom is 0.341 e. The van der Waals surface area contributed by atoms with Crippen LogP contribution in [0.5, 0.6) is 0 Å². The molecule has 0 fully saturated rings. The van der Waals surface area contributed by atoms with Gasteiger partial charge in [-0.2, -0.15) is 0 Å². The topological polar surface area (TPSA) is 82.7 Å². The Kier molecular flexibility index (Phi) is 8.95. The number of esters is 1. The van der Waals surface area contributed by atoms with Crippen LogP contribution in [0.2, 0.25) is 0 Å². The summed E-state index contributed by atoms with van der Waals surface area (Å²) in [4.78, 5) is 15.6. The zero-order valence-corrected chi connectivity index (χ0v) is 10.6. The minimum Gasteiger partial charge on any atom is -0.465 e. The number of ether oxygens (including phenoxy) is 1. The molecule has 3 N–H and O–H groups in total. The minimum atomic E-state index is -0.394. The number of anilines is 1. The van der Waals surface area contributed by atoms with Crippen molar-refractivity contribution in [3.05, 3.63) is 36.0 Å². The van der Waals surface area contributed by atoms with E-state index < -0.39 is 5.97 Å². The molecule has 0 saturated heterocycles. The molecule has 1 rings (SSSR count). The van der Waals surface area contributed by atoms with Gasteiger partial charge in [0.25, 0.3) is 0 Å². The molecule has 0 aliphatic carbocycles. The van der Waals surface area contributed by atoms with E-state index in [2.05, 4.69) is 21.6 Å². The van der Waals surface area contributed by atoms with Crippen molar-refractivity contribution in [1.29, 1.82) is 0 Å². The summed E-state index contributed by atoms with van der Waals surface area (Å²) < 4.78 is 4.65. The Bertz CT molecular complexity index is 383. The molecule has 6 heteroatoms. The van der Waals surface area contributed by atoms with Gasteiger partial charge in [0.05, 0.1) is 7.11 Å². The fraction of sp³-hybridized carbons (Fsp3) is 0.273. The fourth-order valence-corrected chi connectivity index (χ4v) is 1.13. The standard InChI is InChI=1S/C11H14N2O2.ClH.H2O/c1-4-7-12-10-9(11(14)15-3)6-5-8(2)13-10;;/h4-6H,1,7H2,2-3H3,(H,12,13);1H;1H2. The van der Waals surface area contributed by atoms with Gasteiger partial charge in [-0.25, -0.2) is 9.78 Å². The number of hydrogen-bond donors (Lipinski definition) is 1. The number of aromatic nitrogens is 1. The van der Waals surface area contributed by atoms with Crippen LogP contribution in [-0.4, -0.2) is 30.1 Å². The summed E-state index contributed by atoms with van der Waals surface area (Å²) in [5, 5.41) is 2.99. The van der Waals surface area contributed by atoms with Gasteiger partial charge in [-0.05, 0) is 19.1 Å². The highest BCUT2D eigenvalue weighted by Gasteiger charge is 2.12. The number of carbonyl (C=O) groups excluding carboxylic acids is 1. The van der Waals surface area contributed by atoms with Crippen LogP contribution in [0.25, 0.3) is 0 Å². The first kappa shape index (κ1) is 17.8.